The lowest BCUT2D eigenvalue weighted by atomic mass is 10.1. The summed E-state index contributed by atoms with van der Waals surface area (Å²) in [6, 6.07) is 3.68. The van der Waals surface area contributed by atoms with E-state index in [9.17, 15) is 13.2 Å². The summed E-state index contributed by atoms with van der Waals surface area (Å²) in [7, 11) is -3.24. The number of rotatable bonds is 6. The Bertz CT molecular complexity index is 1080. The van der Waals surface area contributed by atoms with Crippen LogP contribution in [-0.4, -0.2) is 52.1 Å². The molecule has 0 bridgehead atoms. The lowest BCUT2D eigenvalue weighted by molar-refractivity contribution is 0.330. The summed E-state index contributed by atoms with van der Waals surface area (Å²) in [5.74, 6) is 0.545. The molecular formula is C21H29N5O3S. The van der Waals surface area contributed by atoms with Gasteiger partial charge in [0.25, 0.3) is 5.56 Å². The van der Waals surface area contributed by atoms with Crippen LogP contribution in [0.3, 0.4) is 0 Å². The molecule has 30 heavy (non-hydrogen) atoms. The Morgan fingerprint density at radius 3 is 2.60 bits per heavy atom. The van der Waals surface area contributed by atoms with Crippen LogP contribution in [0.2, 0.25) is 0 Å². The summed E-state index contributed by atoms with van der Waals surface area (Å²) in [5.41, 5.74) is 0.664. The van der Waals surface area contributed by atoms with Gasteiger partial charge in [0, 0.05) is 42.8 Å². The quantitative estimate of drug-likeness (QED) is 0.707. The van der Waals surface area contributed by atoms with Gasteiger partial charge in [-0.25, -0.2) is 17.7 Å². The third-order valence-electron chi connectivity index (χ3n) is 6.08. The van der Waals surface area contributed by atoms with E-state index in [1.807, 2.05) is 11.5 Å². The summed E-state index contributed by atoms with van der Waals surface area (Å²) in [6.07, 6.45) is 10.9. The molecule has 2 fully saturated rings. The maximum Gasteiger partial charge on any atom is 0.252 e. The summed E-state index contributed by atoms with van der Waals surface area (Å²) >= 11 is 0. The molecule has 1 saturated carbocycles. The number of hydrogen-bond donors (Lipinski definition) is 1. The second kappa shape index (κ2) is 8.85. The van der Waals surface area contributed by atoms with Crippen molar-refractivity contribution in [2.75, 3.05) is 24.2 Å². The third-order valence-corrected chi connectivity index (χ3v) is 7.85. The summed E-state index contributed by atoms with van der Waals surface area (Å²) < 4.78 is 28.1. The zero-order valence-electron chi connectivity index (χ0n) is 17.3. The minimum Gasteiger partial charge on any atom is -0.351 e. The molecule has 8 nitrogen and oxygen atoms in total. The van der Waals surface area contributed by atoms with Crippen LogP contribution in [0.15, 0.2) is 35.3 Å². The summed E-state index contributed by atoms with van der Waals surface area (Å²) in [5, 5.41) is 4.21. The van der Waals surface area contributed by atoms with Crippen LogP contribution in [0.25, 0.3) is 11.0 Å². The Kier molecular flexibility index (Phi) is 6.19. The van der Waals surface area contributed by atoms with Gasteiger partial charge in [-0.3, -0.25) is 9.36 Å². The van der Waals surface area contributed by atoms with Gasteiger partial charge in [0.2, 0.25) is 16.0 Å². The smallest absolute Gasteiger partial charge is 0.252 e. The highest BCUT2D eigenvalue weighted by Gasteiger charge is 2.27. The highest BCUT2D eigenvalue weighted by atomic mass is 32.2. The number of fused-ring (bicyclic) bond motifs is 1. The van der Waals surface area contributed by atoms with E-state index in [1.54, 1.807) is 34.8 Å². The first-order valence-electron chi connectivity index (χ1n) is 10.7. The van der Waals surface area contributed by atoms with Gasteiger partial charge >= 0.3 is 0 Å². The number of piperidine rings is 1. The van der Waals surface area contributed by atoms with Crippen molar-refractivity contribution in [2.45, 2.75) is 57.5 Å². The molecule has 0 radical (unpaired) electrons. The van der Waals surface area contributed by atoms with Gasteiger partial charge in [-0.15, -0.1) is 0 Å². The molecule has 1 aliphatic heterocycles. The molecule has 1 N–H and O–H groups in total. The molecule has 9 heteroatoms. The molecule has 1 saturated heterocycles. The zero-order chi connectivity index (χ0) is 21.1. The molecule has 0 aromatic carbocycles. The van der Waals surface area contributed by atoms with Gasteiger partial charge in [0.05, 0.1) is 5.75 Å². The number of allylic oxidation sites excluding steroid dienone is 1. The number of hydrogen-bond acceptors (Lipinski definition) is 6. The lowest BCUT2D eigenvalue weighted by Gasteiger charge is -2.31. The highest BCUT2D eigenvalue weighted by molar-refractivity contribution is 7.89. The van der Waals surface area contributed by atoms with Crippen molar-refractivity contribution in [1.82, 2.24) is 18.8 Å². The fraction of sp³-hybridized carbons (Fsp3) is 0.571. The van der Waals surface area contributed by atoms with E-state index < -0.39 is 10.0 Å². The maximum absolute atomic E-state index is 12.5. The van der Waals surface area contributed by atoms with E-state index in [0.717, 1.165) is 31.1 Å². The number of nitrogens with zero attached hydrogens (tertiary/aromatic N) is 4. The van der Waals surface area contributed by atoms with Gasteiger partial charge < -0.3 is 5.32 Å². The standard InChI is InChI=1S/C21H29N5O3S/c1-2-3-14-30(28,29)25-12-10-17(11-13-25)23-21-22-15-16-8-9-19(27)26(20(16)24-21)18-6-4-5-7-18/h2-3,8-9,15,17-18H,4-7,10-14H2,1H3,(H,22,23,24)/b3-2+. The SMILES string of the molecule is C/C=C/CS(=O)(=O)N1CCC(Nc2ncc3ccc(=O)n(C4CCCC4)c3n2)CC1. The van der Waals surface area contributed by atoms with Crippen molar-refractivity contribution >= 4 is 27.0 Å². The van der Waals surface area contributed by atoms with Crippen LogP contribution >= 0.6 is 0 Å². The Morgan fingerprint density at radius 1 is 1.17 bits per heavy atom. The van der Waals surface area contributed by atoms with Crippen LogP contribution in [0.5, 0.6) is 0 Å². The molecule has 0 spiro atoms. The van der Waals surface area contributed by atoms with E-state index >= 15 is 0 Å². The Balaban J connectivity index is 1.49. The largest absolute Gasteiger partial charge is 0.351 e. The molecule has 0 amide bonds. The minimum atomic E-state index is -3.24. The fourth-order valence-electron chi connectivity index (χ4n) is 4.41. The average Bonchev–Trinajstić information content (AvgIpc) is 3.27. The second-order valence-corrected chi connectivity index (χ2v) is 10.1. The van der Waals surface area contributed by atoms with E-state index in [0.29, 0.717) is 37.5 Å². The Hall–Kier alpha value is -2.26. The molecular weight excluding hydrogens is 402 g/mol. The van der Waals surface area contributed by atoms with Crippen LogP contribution in [0.4, 0.5) is 5.95 Å². The molecule has 162 valence electrons. The fourth-order valence-corrected chi connectivity index (χ4v) is 5.82. The van der Waals surface area contributed by atoms with Crippen LogP contribution < -0.4 is 10.9 Å². The van der Waals surface area contributed by atoms with Gasteiger partial charge in [-0.2, -0.15) is 4.98 Å². The molecule has 2 aliphatic rings. The number of sulfonamides is 1. The average molecular weight is 432 g/mol. The van der Waals surface area contributed by atoms with E-state index in [4.69, 9.17) is 0 Å². The van der Waals surface area contributed by atoms with Crippen molar-refractivity contribution in [1.29, 1.82) is 0 Å². The highest BCUT2D eigenvalue weighted by Crippen LogP contribution is 2.30. The predicted molar refractivity (Wildman–Crippen MR) is 118 cm³/mol. The Morgan fingerprint density at radius 2 is 1.90 bits per heavy atom. The molecule has 1 aliphatic carbocycles. The molecule has 0 unspecified atom stereocenters. The monoisotopic (exact) mass is 431 g/mol. The molecule has 2 aromatic heterocycles. The zero-order valence-corrected chi connectivity index (χ0v) is 18.1. The van der Waals surface area contributed by atoms with Gasteiger partial charge in [0.15, 0.2) is 0 Å². The minimum absolute atomic E-state index is 0.0151. The topological polar surface area (TPSA) is 97.2 Å². The van der Waals surface area contributed by atoms with Gasteiger partial charge in [-0.05, 0) is 38.7 Å². The predicted octanol–water partition coefficient (Wildman–Crippen LogP) is 2.69. The molecule has 3 heterocycles. The number of anilines is 1. The van der Waals surface area contributed by atoms with E-state index in [2.05, 4.69) is 15.3 Å². The summed E-state index contributed by atoms with van der Waals surface area (Å²) in [4.78, 5) is 21.7. The first kappa shape index (κ1) is 21.0. The number of nitrogens with one attached hydrogen (secondary N) is 1. The molecule has 2 aromatic rings. The van der Waals surface area contributed by atoms with E-state index in [1.165, 1.54) is 0 Å². The summed E-state index contributed by atoms with van der Waals surface area (Å²) in [6.45, 7) is 2.79. The van der Waals surface area contributed by atoms with Gasteiger partial charge in [0.1, 0.15) is 5.65 Å². The first-order chi connectivity index (χ1) is 14.5. The van der Waals surface area contributed by atoms with Crippen LogP contribution in [0.1, 0.15) is 51.5 Å². The van der Waals surface area contributed by atoms with Gasteiger partial charge in [-0.1, -0.05) is 25.0 Å². The molecule has 0 atom stereocenters. The van der Waals surface area contributed by atoms with E-state index in [-0.39, 0.29) is 23.4 Å². The lowest BCUT2D eigenvalue weighted by Crippen LogP contribution is -2.43. The van der Waals surface area contributed by atoms with Crippen molar-refractivity contribution in [3.8, 4) is 0 Å². The van der Waals surface area contributed by atoms with Crippen molar-refractivity contribution in [3.05, 3.63) is 40.8 Å². The Labute approximate surface area is 177 Å². The normalized spacial score (nSPS) is 19.8. The van der Waals surface area contributed by atoms with Crippen molar-refractivity contribution in [2.24, 2.45) is 0 Å². The molecule has 4 rings (SSSR count). The first-order valence-corrected chi connectivity index (χ1v) is 12.3. The van der Waals surface area contributed by atoms with Crippen LogP contribution in [-0.2, 0) is 10.0 Å². The number of pyridine rings is 1. The number of aromatic nitrogens is 3. The second-order valence-electron chi connectivity index (χ2n) is 8.12. The van der Waals surface area contributed by atoms with Crippen molar-refractivity contribution in [3.63, 3.8) is 0 Å². The maximum atomic E-state index is 12.5. The third kappa shape index (κ3) is 4.41. The van der Waals surface area contributed by atoms with Crippen molar-refractivity contribution < 1.29 is 8.42 Å². The van der Waals surface area contributed by atoms with Crippen LogP contribution in [0, 0.1) is 0 Å².